The van der Waals surface area contributed by atoms with Crippen LogP contribution in [0.2, 0.25) is 0 Å². The summed E-state index contributed by atoms with van der Waals surface area (Å²) in [4.78, 5) is 2.49. The van der Waals surface area contributed by atoms with Crippen LogP contribution >= 0.6 is 0 Å². The van der Waals surface area contributed by atoms with Gasteiger partial charge < -0.3 is 15.0 Å². The highest BCUT2D eigenvalue weighted by atomic mass is 16.5. The van der Waals surface area contributed by atoms with E-state index in [2.05, 4.69) is 49.2 Å². The first-order valence-electron chi connectivity index (χ1n) is 7.79. The number of nitrogens with zero attached hydrogens (tertiary/aromatic N) is 1. The van der Waals surface area contributed by atoms with Crippen molar-refractivity contribution in [2.45, 2.75) is 33.7 Å². The summed E-state index contributed by atoms with van der Waals surface area (Å²) in [6.45, 7) is 10.6. The summed E-state index contributed by atoms with van der Waals surface area (Å²) >= 11 is 0. The molecule has 1 heterocycles. The van der Waals surface area contributed by atoms with Crippen LogP contribution < -0.4 is 15.0 Å². The van der Waals surface area contributed by atoms with Crippen molar-refractivity contribution in [1.82, 2.24) is 5.32 Å². The van der Waals surface area contributed by atoms with Crippen LogP contribution in [0.3, 0.4) is 0 Å². The Morgan fingerprint density at radius 3 is 2.55 bits per heavy atom. The molecule has 2 atom stereocenters. The van der Waals surface area contributed by atoms with Crippen LogP contribution in [0.4, 0.5) is 5.69 Å². The Morgan fingerprint density at radius 2 is 1.95 bits per heavy atom. The first-order chi connectivity index (χ1) is 9.63. The molecule has 0 radical (unpaired) electrons. The highest BCUT2D eigenvalue weighted by Crippen LogP contribution is 2.34. The van der Waals surface area contributed by atoms with Crippen molar-refractivity contribution in [2.75, 3.05) is 31.6 Å². The molecule has 0 bridgehead atoms. The third kappa shape index (κ3) is 3.66. The van der Waals surface area contributed by atoms with Crippen LogP contribution in [0.1, 0.15) is 32.8 Å². The minimum Gasteiger partial charge on any atom is -0.492 e. The third-order valence-electron chi connectivity index (χ3n) is 3.91. The Labute approximate surface area is 123 Å². The Morgan fingerprint density at radius 1 is 1.25 bits per heavy atom. The van der Waals surface area contributed by atoms with Gasteiger partial charge in [-0.15, -0.1) is 0 Å². The molecule has 1 fully saturated rings. The minimum atomic E-state index is 0.717. The Kier molecular flexibility index (Phi) is 5.30. The number of anilines is 1. The minimum absolute atomic E-state index is 0.717. The van der Waals surface area contributed by atoms with Crippen molar-refractivity contribution in [2.24, 2.45) is 11.8 Å². The maximum atomic E-state index is 5.88. The molecule has 0 aliphatic carbocycles. The standard InChI is InChI=1S/C17H28N2O/c1-5-20-17-9-15(10-18-4)6-7-16(17)19-11-13(2)8-14(3)12-19/h6-7,9,13-14,18H,5,8,10-12H2,1-4H3. The van der Waals surface area contributed by atoms with E-state index in [0.29, 0.717) is 0 Å². The Hall–Kier alpha value is -1.22. The summed E-state index contributed by atoms with van der Waals surface area (Å²) in [6, 6.07) is 6.61. The van der Waals surface area contributed by atoms with E-state index in [1.54, 1.807) is 0 Å². The molecule has 2 unspecified atom stereocenters. The fraction of sp³-hybridized carbons (Fsp3) is 0.647. The molecular formula is C17H28N2O. The lowest BCUT2D eigenvalue weighted by atomic mass is 9.91. The average molecular weight is 276 g/mol. The van der Waals surface area contributed by atoms with E-state index < -0.39 is 0 Å². The topological polar surface area (TPSA) is 24.5 Å². The zero-order chi connectivity index (χ0) is 14.5. The van der Waals surface area contributed by atoms with Crippen molar-refractivity contribution < 1.29 is 4.74 Å². The molecule has 1 aromatic carbocycles. The van der Waals surface area contributed by atoms with E-state index in [4.69, 9.17) is 4.74 Å². The predicted octanol–water partition coefficient (Wildman–Crippen LogP) is 3.29. The molecule has 0 spiro atoms. The molecule has 0 saturated carbocycles. The van der Waals surface area contributed by atoms with E-state index >= 15 is 0 Å². The van der Waals surface area contributed by atoms with E-state index in [0.717, 1.165) is 43.8 Å². The fourth-order valence-corrected chi connectivity index (χ4v) is 3.26. The Bertz CT molecular complexity index is 423. The van der Waals surface area contributed by atoms with Crippen molar-refractivity contribution in [3.8, 4) is 5.75 Å². The second-order valence-corrected chi connectivity index (χ2v) is 6.12. The van der Waals surface area contributed by atoms with Crippen LogP contribution in [0.15, 0.2) is 18.2 Å². The molecule has 1 aliphatic rings. The molecular weight excluding hydrogens is 248 g/mol. The number of piperidine rings is 1. The molecule has 2 rings (SSSR count). The van der Waals surface area contributed by atoms with Gasteiger partial charge in [0, 0.05) is 19.6 Å². The zero-order valence-electron chi connectivity index (χ0n) is 13.3. The van der Waals surface area contributed by atoms with Crippen molar-refractivity contribution in [3.63, 3.8) is 0 Å². The molecule has 1 aliphatic heterocycles. The second kappa shape index (κ2) is 6.98. The summed E-state index contributed by atoms with van der Waals surface area (Å²) in [5, 5.41) is 3.20. The van der Waals surface area contributed by atoms with Crippen molar-refractivity contribution in [1.29, 1.82) is 0 Å². The van der Waals surface area contributed by atoms with E-state index in [1.807, 2.05) is 7.05 Å². The van der Waals surface area contributed by atoms with Crippen LogP contribution in [-0.2, 0) is 6.54 Å². The molecule has 0 amide bonds. The number of hydrogen-bond acceptors (Lipinski definition) is 3. The normalized spacial score (nSPS) is 22.9. The van der Waals surface area contributed by atoms with Crippen LogP contribution in [0.25, 0.3) is 0 Å². The maximum Gasteiger partial charge on any atom is 0.142 e. The van der Waals surface area contributed by atoms with E-state index in [-0.39, 0.29) is 0 Å². The van der Waals surface area contributed by atoms with Gasteiger partial charge in [0.1, 0.15) is 5.75 Å². The van der Waals surface area contributed by atoms with Gasteiger partial charge in [-0.25, -0.2) is 0 Å². The molecule has 0 aromatic heterocycles. The molecule has 112 valence electrons. The van der Waals surface area contributed by atoms with Crippen LogP contribution in [0, 0.1) is 11.8 Å². The summed E-state index contributed by atoms with van der Waals surface area (Å²) in [5.74, 6) is 2.54. The summed E-state index contributed by atoms with van der Waals surface area (Å²) in [6.07, 6.45) is 1.33. The molecule has 3 nitrogen and oxygen atoms in total. The van der Waals surface area contributed by atoms with Gasteiger partial charge in [0.25, 0.3) is 0 Å². The first kappa shape index (κ1) is 15.2. The smallest absolute Gasteiger partial charge is 0.142 e. The number of hydrogen-bond donors (Lipinski definition) is 1. The van der Waals surface area contributed by atoms with Gasteiger partial charge in [0.15, 0.2) is 0 Å². The highest BCUT2D eigenvalue weighted by Gasteiger charge is 2.24. The lowest BCUT2D eigenvalue weighted by Gasteiger charge is -2.37. The lowest BCUT2D eigenvalue weighted by Crippen LogP contribution is -2.38. The maximum absolute atomic E-state index is 5.88. The molecule has 1 N–H and O–H groups in total. The lowest BCUT2D eigenvalue weighted by molar-refractivity contribution is 0.329. The number of ether oxygens (including phenoxy) is 1. The van der Waals surface area contributed by atoms with Crippen LogP contribution in [-0.4, -0.2) is 26.7 Å². The van der Waals surface area contributed by atoms with Gasteiger partial charge in [-0.05, 0) is 49.9 Å². The molecule has 1 saturated heterocycles. The average Bonchev–Trinajstić information content (AvgIpc) is 2.38. The largest absolute Gasteiger partial charge is 0.492 e. The summed E-state index contributed by atoms with van der Waals surface area (Å²) in [5.41, 5.74) is 2.53. The van der Waals surface area contributed by atoms with Gasteiger partial charge >= 0.3 is 0 Å². The van der Waals surface area contributed by atoms with Gasteiger partial charge in [-0.2, -0.15) is 0 Å². The summed E-state index contributed by atoms with van der Waals surface area (Å²) in [7, 11) is 1.97. The molecule has 20 heavy (non-hydrogen) atoms. The number of benzene rings is 1. The predicted molar refractivity (Wildman–Crippen MR) is 85.5 cm³/mol. The van der Waals surface area contributed by atoms with E-state index in [9.17, 15) is 0 Å². The van der Waals surface area contributed by atoms with Gasteiger partial charge in [-0.1, -0.05) is 19.9 Å². The molecule has 3 heteroatoms. The van der Waals surface area contributed by atoms with Crippen molar-refractivity contribution in [3.05, 3.63) is 23.8 Å². The SMILES string of the molecule is CCOc1cc(CNC)ccc1N1CC(C)CC(C)C1. The highest BCUT2D eigenvalue weighted by molar-refractivity contribution is 5.60. The number of rotatable bonds is 5. The Balaban J connectivity index is 2.24. The number of nitrogens with one attached hydrogen (secondary N) is 1. The van der Waals surface area contributed by atoms with Gasteiger partial charge in [0.05, 0.1) is 12.3 Å². The van der Waals surface area contributed by atoms with Gasteiger partial charge in [-0.3, -0.25) is 0 Å². The second-order valence-electron chi connectivity index (χ2n) is 6.12. The third-order valence-corrected chi connectivity index (χ3v) is 3.91. The van der Waals surface area contributed by atoms with Gasteiger partial charge in [0.2, 0.25) is 0 Å². The zero-order valence-corrected chi connectivity index (χ0v) is 13.3. The van der Waals surface area contributed by atoms with Crippen LogP contribution in [0.5, 0.6) is 5.75 Å². The van der Waals surface area contributed by atoms with Crippen molar-refractivity contribution >= 4 is 5.69 Å². The van der Waals surface area contributed by atoms with E-state index in [1.165, 1.54) is 17.7 Å². The fourth-order valence-electron chi connectivity index (χ4n) is 3.26. The summed E-state index contributed by atoms with van der Waals surface area (Å²) < 4.78 is 5.88. The monoisotopic (exact) mass is 276 g/mol. The quantitative estimate of drug-likeness (QED) is 0.893. The molecule has 1 aromatic rings. The first-order valence-corrected chi connectivity index (χ1v) is 7.79.